The van der Waals surface area contributed by atoms with Crippen molar-refractivity contribution in [3.63, 3.8) is 0 Å². The van der Waals surface area contributed by atoms with Crippen LogP contribution < -0.4 is 25.4 Å². The molecule has 0 radical (unpaired) electrons. The number of carbonyl (C=O) groups excluding carboxylic acids is 4. The molecule has 0 aliphatic carbocycles. The smallest absolute Gasteiger partial charge is 0.274 e. The summed E-state index contributed by atoms with van der Waals surface area (Å²) in [5.41, 5.74) is 2.65. The molecule has 2 aromatic heterocycles. The molecular weight excluding hydrogens is 729 g/mol. The fourth-order valence-corrected chi connectivity index (χ4v) is 6.45. The highest BCUT2D eigenvalue weighted by atomic mass is 16.5. The Labute approximate surface area is 332 Å². The van der Waals surface area contributed by atoms with Crippen molar-refractivity contribution in [1.82, 2.24) is 30.7 Å². The lowest BCUT2D eigenvalue weighted by molar-refractivity contribution is -0.144. The minimum atomic E-state index is -0.898. The van der Waals surface area contributed by atoms with E-state index in [1.165, 1.54) is 12.0 Å². The van der Waals surface area contributed by atoms with Crippen molar-refractivity contribution in [2.24, 2.45) is 5.41 Å². The van der Waals surface area contributed by atoms with Gasteiger partial charge >= 0.3 is 0 Å². The van der Waals surface area contributed by atoms with Crippen LogP contribution in [-0.2, 0) is 20.9 Å². The molecule has 5 N–H and O–H groups in total. The van der Waals surface area contributed by atoms with Crippen molar-refractivity contribution in [3.8, 4) is 29.0 Å². The molecule has 0 spiro atoms. The van der Waals surface area contributed by atoms with Gasteiger partial charge in [-0.2, -0.15) is 10.4 Å². The molecule has 15 nitrogen and oxygen atoms in total. The first-order valence-corrected chi connectivity index (χ1v) is 19.0. The second-order valence-electron chi connectivity index (χ2n) is 15.0. The lowest BCUT2D eigenvalue weighted by atomic mass is 9.85. The number of H-pyrrole nitrogens is 1. The van der Waals surface area contributed by atoms with E-state index in [2.05, 4.69) is 37.2 Å². The molecule has 1 saturated heterocycles. The van der Waals surface area contributed by atoms with Crippen molar-refractivity contribution in [3.05, 3.63) is 89.7 Å². The number of amides is 4. The van der Waals surface area contributed by atoms with Crippen LogP contribution >= 0.6 is 0 Å². The van der Waals surface area contributed by atoms with Crippen molar-refractivity contribution in [1.29, 1.82) is 5.26 Å². The first-order valence-electron chi connectivity index (χ1n) is 19.0. The highest BCUT2D eigenvalue weighted by Gasteiger charge is 2.44. The maximum Gasteiger partial charge on any atom is 0.274 e. The molecule has 0 saturated carbocycles. The maximum atomic E-state index is 13.9. The number of aliphatic hydroxyl groups is 1. The monoisotopic (exact) mass is 778 g/mol. The zero-order chi connectivity index (χ0) is 41.0. The molecule has 0 unspecified atom stereocenters. The standard InChI is InChI=1S/C42H50N8O7/c1-42(2,3)38(41(55)50-26-29(51)22-35(50)40(54)44-25-28-15-13-27(24-43)14-16-28)48-37(52)12-7-5-6-8-21-57-30-17-18-33(36(23-30)56-4)47-39(53)34-11-9-10-31(46-34)32-19-20-45-49-32/h9-11,13-20,23,29,35,38,51H,5-8,12,21-22,25-26H2,1-4H3,(H,44,54)(H,45,49)(H,47,53)(H,48,52)/t29-,35+,38-/m1/s1. The third kappa shape index (κ3) is 11.6. The van der Waals surface area contributed by atoms with Crippen LogP contribution in [0.4, 0.5) is 5.69 Å². The third-order valence-electron chi connectivity index (χ3n) is 9.58. The van der Waals surface area contributed by atoms with E-state index in [0.717, 1.165) is 24.8 Å². The van der Waals surface area contributed by atoms with E-state index in [9.17, 15) is 24.3 Å². The predicted molar refractivity (Wildman–Crippen MR) is 212 cm³/mol. The molecule has 4 aromatic rings. The quantitative estimate of drug-likeness (QED) is 0.0929. The summed E-state index contributed by atoms with van der Waals surface area (Å²) >= 11 is 0. The number of ether oxygens (including phenoxy) is 2. The number of pyridine rings is 1. The molecule has 0 bridgehead atoms. The van der Waals surface area contributed by atoms with E-state index in [-0.39, 0.29) is 37.5 Å². The van der Waals surface area contributed by atoms with E-state index in [1.807, 2.05) is 20.8 Å². The summed E-state index contributed by atoms with van der Waals surface area (Å²) in [5.74, 6) is -0.449. The van der Waals surface area contributed by atoms with Crippen molar-refractivity contribution >= 4 is 29.3 Å². The Morgan fingerprint density at radius 3 is 2.51 bits per heavy atom. The Bertz CT molecular complexity index is 2040. The number of benzene rings is 2. The van der Waals surface area contributed by atoms with Crippen LogP contribution in [0.2, 0.25) is 0 Å². The van der Waals surface area contributed by atoms with Crippen molar-refractivity contribution < 1.29 is 33.8 Å². The van der Waals surface area contributed by atoms with Crippen LogP contribution in [0.1, 0.15) is 80.9 Å². The molecule has 4 amide bonds. The molecular formula is C42H50N8O7. The molecule has 300 valence electrons. The average molecular weight is 779 g/mol. The lowest BCUT2D eigenvalue weighted by Gasteiger charge is -2.35. The van der Waals surface area contributed by atoms with Gasteiger partial charge in [-0.1, -0.05) is 51.8 Å². The number of hydrogen-bond acceptors (Lipinski definition) is 10. The number of rotatable bonds is 17. The number of aliphatic hydroxyl groups excluding tert-OH is 1. The summed E-state index contributed by atoms with van der Waals surface area (Å²) in [6.07, 6.45) is 4.02. The van der Waals surface area contributed by atoms with Gasteiger partial charge in [0.15, 0.2) is 0 Å². The molecule has 15 heteroatoms. The van der Waals surface area contributed by atoms with E-state index in [0.29, 0.717) is 47.2 Å². The largest absolute Gasteiger partial charge is 0.494 e. The number of hydrogen-bond donors (Lipinski definition) is 5. The van der Waals surface area contributed by atoms with Gasteiger partial charge in [-0.15, -0.1) is 0 Å². The highest BCUT2D eigenvalue weighted by molar-refractivity contribution is 6.04. The number of anilines is 1. The van der Waals surface area contributed by atoms with Gasteiger partial charge in [-0.05, 0) is 66.3 Å². The zero-order valence-corrected chi connectivity index (χ0v) is 32.7. The van der Waals surface area contributed by atoms with E-state index in [4.69, 9.17) is 14.7 Å². The van der Waals surface area contributed by atoms with Gasteiger partial charge in [-0.25, -0.2) is 4.98 Å². The Kier molecular flexibility index (Phi) is 14.4. The lowest BCUT2D eigenvalue weighted by Crippen LogP contribution is -2.57. The minimum Gasteiger partial charge on any atom is -0.494 e. The minimum absolute atomic E-state index is 0.00764. The number of nitrogens with zero attached hydrogens (tertiary/aromatic N) is 4. The summed E-state index contributed by atoms with van der Waals surface area (Å²) in [7, 11) is 1.51. The van der Waals surface area contributed by atoms with E-state index < -0.39 is 41.3 Å². The first-order chi connectivity index (χ1) is 27.4. The number of carbonyl (C=O) groups is 4. The fraction of sp³-hybridized carbons (Fsp3) is 0.405. The number of methoxy groups -OCH3 is 1. The fourth-order valence-electron chi connectivity index (χ4n) is 6.45. The normalized spacial score (nSPS) is 15.6. The Balaban J connectivity index is 1.04. The van der Waals surface area contributed by atoms with Crippen LogP contribution in [0, 0.1) is 16.7 Å². The Morgan fingerprint density at radius 2 is 1.81 bits per heavy atom. The average Bonchev–Trinajstić information content (AvgIpc) is 3.89. The maximum absolute atomic E-state index is 13.9. The molecule has 57 heavy (non-hydrogen) atoms. The summed E-state index contributed by atoms with van der Waals surface area (Å²) in [5, 5.41) is 34.8. The Hall–Kier alpha value is -6.27. The number of likely N-dealkylation sites (tertiary alicyclic amines) is 1. The Morgan fingerprint density at radius 1 is 1.04 bits per heavy atom. The first kappa shape index (κ1) is 41.9. The van der Waals surface area contributed by atoms with Crippen molar-refractivity contribution in [2.45, 2.75) is 84.0 Å². The highest BCUT2D eigenvalue weighted by Crippen LogP contribution is 2.30. The second kappa shape index (κ2) is 19.5. The molecule has 5 rings (SSSR count). The number of nitriles is 1. The summed E-state index contributed by atoms with van der Waals surface area (Å²) in [4.78, 5) is 58.9. The van der Waals surface area contributed by atoms with Crippen LogP contribution in [-0.4, -0.2) is 87.3 Å². The third-order valence-corrected chi connectivity index (χ3v) is 9.58. The summed E-state index contributed by atoms with van der Waals surface area (Å²) < 4.78 is 11.4. The predicted octanol–water partition coefficient (Wildman–Crippen LogP) is 4.74. The van der Waals surface area contributed by atoms with Gasteiger partial charge in [0, 0.05) is 38.2 Å². The number of β-amino-alcohol motifs (C(OH)–C–C–N with tert-alkyl or cyclic N) is 1. The van der Waals surface area contributed by atoms with Gasteiger partial charge in [0.1, 0.15) is 29.3 Å². The number of unbranched alkanes of at least 4 members (excludes halogenated alkanes) is 3. The van der Waals surface area contributed by atoms with Gasteiger partial charge in [0.2, 0.25) is 17.7 Å². The van der Waals surface area contributed by atoms with Crippen LogP contribution in [0.25, 0.3) is 11.4 Å². The number of aromatic nitrogens is 3. The topological polar surface area (TPSA) is 212 Å². The zero-order valence-electron chi connectivity index (χ0n) is 32.7. The van der Waals surface area contributed by atoms with Gasteiger partial charge in [0.05, 0.1) is 48.5 Å². The summed E-state index contributed by atoms with van der Waals surface area (Å²) in [6, 6.07) is 19.2. The molecule has 3 atom stereocenters. The van der Waals surface area contributed by atoms with Crippen LogP contribution in [0.3, 0.4) is 0 Å². The second-order valence-corrected chi connectivity index (χ2v) is 15.0. The number of aromatic amines is 1. The van der Waals surface area contributed by atoms with Crippen LogP contribution in [0.5, 0.6) is 11.5 Å². The molecule has 3 heterocycles. The molecule has 2 aromatic carbocycles. The van der Waals surface area contributed by atoms with Gasteiger partial charge in [0.25, 0.3) is 5.91 Å². The van der Waals surface area contributed by atoms with Crippen molar-refractivity contribution in [2.75, 3.05) is 25.6 Å². The molecule has 1 aliphatic heterocycles. The molecule has 1 fully saturated rings. The molecule has 1 aliphatic rings. The van der Waals surface area contributed by atoms with E-state index in [1.54, 1.807) is 72.9 Å². The van der Waals surface area contributed by atoms with E-state index >= 15 is 0 Å². The SMILES string of the molecule is COc1cc(OCCCCCCC(=O)N[C@H](C(=O)N2C[C@H](O)C[C@H]2C(=O)NCc2ccc(C#N)cc2)C(C)(C)C)ccc1NC(=O)c1cccc(-c2ccn[nH]2)n1. The summed E-state index contributed by atoms with van der Waals surface area (Å²) in [6.45, 7) is 6.19. The number of nitrogens with one attached hydrogen (secondary N) is 4. The van der Waals surface area contributed by atoms with Gasteiger partial charge in [-0.3, -0.25) is 24.3 Å². The van der Waals surface area contributed by atoms with Gasteiger partial charge < -0.3 is 35.4 Å². The van der Waals surface area contributed by atoms with Crippen LogP contribution in [0.15, 0.2) is 72.9 Å².